The molecule has 1 aliphatic heterocycles. The highest BCUT2D eigenvalue weighted by Crippen LogP contribution is 2.31. The van der Waals surface area contributed by atoms with Crippen LogP contribution >= 0.6 is 0 Å². The van der Waals surface area contributed by atoms with Crippen molar-refractivity contribution in [2.45, 2.75) is 44.2 Å². The first-order chi connectivity index (χ1) is 21.2. The molecule has 5 rings (SSSR count). The van der Waals surface area contributed by atoms with Crippen LogP contribution in [0.1, 0.15) is 58.6 Å². The van der Waals surface area contributed by atoms with E-state index in [-0.39, 0.29) is 23.8 Å². The number of hydrogen-bond acceptors (Lipinski definition) is 4. The molecule has 0 aliphatic carbocycles. The largest absolute Gasteiger partial charge is 0.361 e. The Morgan fingerprint density at radius 2 is 1.68 bits per heavy atom. The zero-order valence-corrected chi connectivity index (χ0v) is 25.9. The molecule has 2 heterocycles. The van der Waals surface area contributed by atoms with E-state index in [1.54, 1.807) is 18.0 Å². The van der Waals surface area contributed by atoms with Crippen molar-refractivity contribution in [1.82, 2.24) is 25.4 Å². The van der Waals surface area contributed by atoms with Crippen molar-refractivity contribution < 1.29 is 14.4 Å². The maximum Gasteiger partial charge on any atom is 0.318 e. The van der Waals surface area contributed by atoms with Crippen molar-refractivity contribution in [3.63, 3.8) is 0 Å². The lowest BCUT2D eigenvalue weighted by atomic mass is 9.89. The number of rotatable bonds is 9. The predicted molar refractivity (Wildman–Crippen MR) is 175 cm³/mol. The standard InChI is InChI=1S/C35H42N6O3/c1-23(29-21-37-30-13-9-8-12-27(29)30)32(39-35(44)41-18-16-26(17-19-41)25-10-6-5-7-11-25)34(43)38-31-20-24(22-40(3)4)14-15-28(31)33(42)36-2/h5-15,20-21,23,26,32,37H,16-19,22H2,1-4H3,(H,36,42)(H,38,43)(H,39,44)/t23-,32+/m0/s1. The van der Waals surface area contributed by atoms with Crippen LogP contribution in [-0.4, -0.2) is 72.9 Å². The van der Waals surface area contributed by atoms with Gasteiger partial charge in [0.25, 0.3) is 5.91 Å². The van der Waals surface area contributed by atoms with E-state index < -0.39 is 6.04 Å². The molecule has 9 nitrogen and oxygen atoms in total. The third-order valence-corrected chi connectivity index (χ3v) is 8.54. The summed E-state index contributed by atoms with van der Waals surface area (Å²) in [6.45, 7) is 3.80. The number of amides is 4. The topological polar surface area (TPSA) is 110 Å². The van der Waals surface area contributed by atoms with Gasteiger partial charge < -0.3 is 30.7 Å². The number of likely N-dealkylation sites (tertiary alicyclic amines) is 1. The number of para-hydroxylation sites is 1. The molecule has 0 unspecified atom stereocenters. The minimum Gasteiger partial charge on any atom is -0.361 e. The van der Waals surface area contributed by atoms with Gasteiger partial charge in [-0.05, 0) is 67.7 Å². The first-order valence-electron chi connectivity index (χ1n) is 15.2. The van der Waals surface area contributed by atoms with E-state index in [4.69, 9.17) is 0 Å². The Morgan fingerprint density at radius 3 is 2.39 bits per heavy atom. The molecule has 0 spiro atoms. The van der Waals surface area contributed by atoms with Crippen molar-refractivity contribution in [1.29, 1.82) is 0 Å². The summed E-state index contributed by atoms with van der Waals surface area (Å²) in [5, 5.41) is 9.74. The predicted octanol–water partition coefficient (Wildman–Crippen LogP) is 5.29. The Morgan fingerprint density at radius 1 is 0.977 bits per heavy atom. The van der Waals surface area contributed by atoms with E-state index >= 15 is 0 Å². The summed E-state index contributed by atoms with van der Waals surface area (Å²) in [4.78, 5) is 47.7. The lowest BCUT2D eigenvalue weighted by Gasteiger charge is -2.34. The molecule has 4 N–H and O–H groups in total. The Labute approximate surface area is 259 Å². The van der Waals surface area contributed by atoms with Crippen molar-refractivity contribution in [2.24, 2.45) is 0 Å². The van der Waals surface area contributed by atoms with E-state index in [0.29, 0.717) is 36.8 Å². The molecule has 1 fully saturated rings. The minimum atomic E-state index is -0.899. The van der Waals surface area contributed by atoms with Gasteiger partial charge >= 0.3 is 6.03 Å². The third kappa shape index (κ3) is 6.94. The van der Waals surface area contributed by atoms with E-state index in [9.17, 15) is 14.4 Å². The van der Waals surface area contributed by atoms with Gasteiger partial charge in [0.05, 0.1) is 11.3 Å². The number of nitrogens with zero attached hydrogens (tertiary/aromatic N) is 2. The fourth-order valence-electron chi connectivity index (χ4n) is 6.13. The number of H-pyrrole nitrogens is 1. The van der Waals surface area contributed by atoms with Gasteiger partial charge in [0.2, 0.25) is 5.91 Å². The zero-order chi connectivity index (χ0) is 31.2. The lowest BCUT2D eigenvalue weighted by Crippen LogP contribution is -2.53. The summed E-state index contributed by atoms with van der Waals surface area (Å²) in [5.41, 5.74) is 4.89. The Bertz CT molecular complexity index is 1610. The van der Waals surface area contributed by atoms with E-state index in [1.807, 2.05) is 74.6 Å². The number of carbonyl (C=O) groups excluding carboxylic acids is 3. The lowest BCUT2D eigenvalue weighted by molar-refractivity contribution is -0.118. The molecular weight excluding hydrogens is 552 g/mol. The maximum atomic E-state index is 14.1. The van der Waals surface area contributed by atoms with Gasteiger partial charge in [0, 0.05) is 49.7 Å². The number of aromatic nitrogens is 1. The van der Waals surface area contributed by atoms with Gasteiger partial charge in [-0.2, -0.15) is 0 Å². The van der Waals surface area contributed by atoms with Crippen LogP contribution in [0.5, 0.6) is 0 Å². The van der Waals surface area contributed by atoms with E-state index in [0.717, 1.165) is 34.9 Å². The second kappa shape index (κ2) is 13.8. The van der Waals surface area contributed by atoms with Gasteiger partial charge in [-0.3, -0.25) is 9.59 Å². The summed E-state index contributed by atoms with van der Waals surface area (Å²) in [5.74, 6) is -0.654. The molecule has 2 atom stereocenters. The molecule has 230 valence electrons. The molecule has 1 saturated heterocycles. The average molecular weight is 595 g/mol. The van der Waals surface area contributed by atoms with Crippen molar-refractivity contribution in [2.75, 3.05) is 39.5 Å². The van der Waals surface area contributed by atoms with Crippen LogP contribution in [0.3, 0.4) is 0 Å². The summed E-state index contributed by atoms with van der Waals surface area (Å²) in [6.07, 6.45) is 3.63. The molecule has 0 radical (unpaired) electrons. The fourth-order valence-corrected chi connectivity index (χ4v) is 6.13. The third-order valence-electron chi connectivity index (χ3n) is 8.54. The number of carbonyl (C=O) groups is 3. The molecule has 3 aromatic carbocycles. The Hall–Kier alpha value is -4.63. The Kier molecular flexibility index (Phi) is 9.65. The number of piperidine rings is 1. The van der Waals surface area contributed by atoms with Gasteiger partial charge in [0.1, 0.15) is 6.04 Å². The highest BCUT2D eigenvalue weighted by Gasteiger charge is 2.33. The van der Waals surface area contributed by atoms with Crippen molar-refractivity contribution >= 4 is 34.4 Å². The highest BCUT2D eigenvalue weighted by molar-refractivity contribution is 6.06. The number of aromatic amines is 1. The second-order valence-electron chi connectivity index (χ2n) is 11.9. The number of benzene rings is 3. The maximum absolute atomic E-state index is 14.1. The van der Waals surface area contributed by atoms with Crippen LogP contribution in [0.15, 0.2) is 79.0 Å². The van der Waals surface area contributed by atoms with Crippen LogP contribution in [-0.2, 0) is 11.3 Å². The molecule has 1 aliphatic rings. The Balaban J connectivity index is 1.40. The molecule has 9 heteroatoms. The summed E-state index contributed by atoms with van der Waals surface area (Å²) in [6, 6.07) is 22.6. The molecule has 0 bridgehead atoms. The normalized spacial score (nSPS) is 15.2. The van der Waals surface area contributed by atoms with Crippen LogP contribution in [0.25, 0.3) is 10.9 Å². The van der Waals surface area contributed by atoms with Gasteiger partial charge in [-0.25, -0.2) is 4.79 Å². The molecular formula is C35H42N6O3. The van der Waals surface area contributed by atoms with E-state index in [2.05, 4.69) is 45.2 Å². The molecule has 4 amide bonds. The summed E-state index contributed by atoms with van der Waals surface area (Å²) in [7, 11) is 5.48. The van der Waals surface area contributed by atoms with Crippen LogP contribution in [0, 0.1) is 0 Å². The summed E-state index contributed by atoms with van der Waals surface area (Å²) >= 11 is 0. The first kappa shape index (κ1) is 30.8. The zero-order valence-electron chi connectivity index (χ0n) is 25.9. The number of hydrogen-bond donors (Lipinski definition) is 4. The molecule has 4 aromatic rings. The number of fused-ring (bicyclic) bond motifs is 1. The summed E-state index contributed by atoms with van der Waals surface area (Å²) < 4.78 is 0. The van der Waals surface area contributed by atoms with Crippen LogP contribution < -0.4 is 16.0 Å². The van der Waals surface area contributed by atoms with Crippen LogP contribution in [0.2, 0.25) is 0 Å². The first-order valence-corrected chi connectivity index (χ1v) is 15.2. The molecule has 44 heavy (non-hydrogen) atoms. The average Bonchev–Trinajstić information content (AvgIpc) is 3.47. The van der Waals surface area contributed by atoms with Gasteiger partial charge in [-0.15, -0.1) is 0 Å². The minimum absolute atomic E-state index is 0.267. The number of anilines is 1. The van der Waals surface area contributed by atoms with Crippen LogP contribution in [0.4, 0.5) is 10.5 Å². The molecule has 0 saturated carbocycles. The number of urea groups is 1. The van der Waals surface area contributed by atoms with Gasteiger partial charge in [0.15, 0.2) is 0 Å². The second-order valence-corrected chi connectivity index (χ2v) is 11.9. The van der Waals surface area contributed by atoms with Crippen molar-refractivity contribution in [3.8, 4) is 0 Å². The van der Waals surface area contributed by atoms with E-state index in [1.165, 1.54) is 5.56 Å². The van der Waals surface area contributed by atoms with Crippen molar-refractivity contribution in [3.05, 3.63) is 101 Å². The van der Waals surface area contributed by atoms with Gasteiger partial charge in [-0.1, -0.05) is 61.5 Å². The monoisotopic (exact) mass is 594 g/mol. The SMILES string of the molecule is CNC(=O)c1ccc(CN(C)C)cc1NC(=O)[C@H](NC(=O)N1CCC(c2ccccc2)CC1)[C@@H](C)c1c[nH]c2ccccc12. The quantitative estimate of drug-likeness (QED) is 0.211. The number of nitrogens with one attached hydrogen (secondary N) is 4. The fraction of sp³-hybridized carbons (Fsp3) is 0.343. The molecule has 1 aromatic heterocycles. The smallest absolute Gasteiger partial charge is 0.318 e. The highest BCUT2D eigenvalue weighted by atomic mass is 16.2.